The zero-order valence-electron chi connectivity index (χ0n) is 32.1. The molecule has 0 saturated heterocycles. The van der Waals surface area contributed by atoms with Crippen molar-refractivity contribution in [3.05, 3.63) is 194 Å². The topological polar surface area (TPSA) is 82.5 Å². The second-order valence-corrected chi connectivity index (χ2v) is 15.0. The normalized spacial score (nSPS) is 11.7. The zero-order valence-corrected chi connectivity index (χ0v) is 32.1. The molecule has 0 unspecified atom stereocenters. The van der Waals surface area contributed by atoms with Crippen molar-refractivity contribution in [2.45, 2.75) is 0 Å². The highest BCUT2D eigenvalue weighted by atomic mass is 16.3. The number of nitrogens with zero attached hydrogens (tertiary/aromatic N) is 6. The highest BCUT2D eigenvalue weighted by Gasteiger charge is 2.19. The molecule has 9 aromatic carbocycles. The van der Waals surface area contributed by atoms with E-state index in [0.717, 1.165) is 99.1 Å². The van der Waals surface area contributed by atoms with Crippen LogP contribution in [-0.2, 0) is 0 Å². The van der Waals surface area contributed by atoms with Crippen molar-refractivity contribution in [1.82, 2.24) is 29.9 Å². The highest BCUT2D eigenvalue weighted by Crippen LogP contribution is 2.38. The molecule has 0 aliphatic rings. The maximum atomic E-state index is 6.30. The summed E-state index contributed by atoms with van der Waals surface area (Å²) in [6.45, 7) is 0. The fraction of sp³-hybridized carbons (Fsp3) is 0. The minimum absolute atomic E-state index is 0.576. The Balaban J connectivity index is 1.02. The SMILES string of the molecule is c1ccc(-c2cccc(-c3nc(-c4cccc(-c5ccc6ccc7ccc8nn(-c9ccccc9)nc8c7c6c5)c4)nc(-c4cccc5oc6ccccc6c45)n3)c2)cc1. The predicted molar refractivity (Wildman–Crippen MR) is 242 cm³/mol. The summed E-state index contributed by atoms with van der Waals surface area (Å²) in [5, 5.41) is 16.3. The molecule has 0 saturated carbocycles. The van der Waals surface area contributed by atoms with E-state index >= 15 is 0 Å². The van der Waals surface area contributed by atoms with Gasteiger partial charge in [-0.3, -0.25) is 0 Å². The van der Waals surface area contributed by atoms with E-state index in [9.17, 15) is 0 Å². The average Bonchev–Trinajstić information content (AvgIpc) is 3.94. The standard InChI is InChI=1S/C53H32N6O/c1-3-12-33(13-4-1)36-14-9-16-39(30-36)51-54-52(56-53(55-51)43-21-11-23-47-49(43)42-20-7-8-22-46(42)60-47)40-17-10-15-37(31-40)38-27-25-34-24-26-35-28-29-45-50(48(35)44(34)32-38)58-59(57-45)41-18-5-2-6-19-41/h1-32H. The molecule has 0 N–H and O–H groups in total. The summed E-state index contributed by atoms with van der Waals surface area (Å²) >= 11 is 0. The van der Waals surface area contributed by atoms with Crippen LogP contribution in [0.4, 0.5) is 0 Å². The van der Waals surface area contributed by atoms with E-state index in [0.29, 0.717) is 17.5 Å². The van der Waals surface area contributed by atoms with Crippen LogP contribution >= 0.6 is 0 Å². The Hall–Kier alpha value is -8.29. The molecule has 12 rings (SSSR count). The van der Waals surface area contributed by atoms with Gasteiger partial charge in [-0.1, -0.05) is 146 Å². The lowest BCUT2D eigenvalue weighted by atomic mass is 9.95. The molecule has 0 radical (unpaired) electrons. The summed E-state index contributed by atoms with van der Waals surface area (Å²) < 4.78 is 6.30. The summed E-state index contributed by atoms with van der Waals surface area (Å²) in [5.41, 5.74) is 11.2. The van der Waals surface area contributed by atoms with Gasteiger partial charge in [-0.2, -0.15) is 4.80 Å². The molecular formula is C53H32N6O. The van der Waals surface area contributed by atoms with Crippen molar-refractivity contribution in [2.24, 2.45) is 0 Å². The van der Waals surface area contributed by atoms with Gasteiger partial charge in [0.25, 0.3) is 0 Å². The lowest BCUT2D eigenvalue weighted by Crippen LogP contribution is -2.00. The Kier molecular flexibility index (Phi) is 7.71. The quantitative estimate of drug-likeness (QED) is 0.157. The van der Waals surface area contributed by atoms with Gasteiger partial charge in [0.2, 0.25) is 0 Å². The molecule has 12 aromatic rings. The van der Waals surface area contributed by atoms with E-state index in [4.69, 9.17) is 29.6 Å². The number of hydrogen-bond donors (Lipinski definition) is 0. The third-order valence-corrected chi connectivity index (χ3v) is 11.3. The summed E-state index contributed by atoms with van der Waals surface area (Å²) in [7, 11) is 0. The Morgan fingerprint density at radius 1 is 0.367 bits per heavy atom. The van der Waals surface area contributed by atoms with Crippen LogP contribution in [-0.4, -0.2) is 29.9 Å². The second kappa shape index (κ2) is 13.7. The van der Waals surface area contributed by atoms with Crippen LogP contribution in [0.15, 0.2) is 199 Å². The third kappa shape index (κ3) is 5.71. The lowest BCUT2D eigenvalue weighted by molar-refractivity contribution is 0.669. The molecule has 280 valence electrons. The van der Waals surface area contributed by atoms with Crippen LogP contribution < -0.4 is 0 Å². The molecule has 0 bridgehead atoms. The van der Waals surface area contributed by atoms with Crippen LogP contribution in [0, 0.1) is 0 Å². The van der Waals surface area contributed by atoms with Gasteiger partial charge < -0.3 is 4.42 Å². The van der Waals surface area contributed by atoms with Crippen molar-refractivity contribution >= 4 is 54.5 Å². The number of fused-ring (bicyclic) bond motifs is 8. The molecule has 0 amide bonds. The first-order valence-corrected chi connectivity index (χ1v) is 19.9. The summed E-state index contributed by atoms with van der Waals surface area (Å²) in [5.74, 6) is 1.75. The van der Waals surface area contributed by atoms with Crippen LogP contribution in [0.25, 0.3) is 117 Å². The van der Waals surface area contributed by atoms with E-state index in [-0.39, 0.29) is 0 Å². The smallest absolute Gasteiger partial charge is 0.164 e. The van der Waals surface area contributed by atoms with E-state index in [1.165, 1.54) is 0 Å². The van der Waals surface area contributed by atoms with E-state index in [1.807, 2.05) is 72.8 Å². The van der Waals surface area contributed by atoms with Gasteiger partial charge >= 0.3 is 0 Å². The second-order valence-electron chi connectivity index (χ2n) is 15.0. The largest absolute Gasteiger partial charge is 0.456 e. The first-order valence-electron chi connectivity index (χ1n) is 19.9. The first-order chi connectivity index (χ1) is 29.7. The van der Waals surface area contributed by atoms with Gasteiger partial charge in [-0.05, 0) is 86.9 Å². The van der Waals surface area contributed by atoms with E-state index in [2.05, 4.69) is 121 Å². The van der Waals surface area contributed by atoms with Gasteiger partial charge in [0, 0.05) is 32.8 Å². The van der Waals surface area contributed by atoms with E-state index in [1.54, 1.807) is 4.80 Å². The van der Waals surface area contributed by atoms with Crippen LogP contribution in [0.2, 0.25) is 0 Å². The number of para-hydroxylation sites is 2. The lowest BCUT2D eigenvalue weighted by Gasteiger charge is -2.12. The van der Waals surface area contributed by atoms with Gasteiger partial charge in [-0.25, -0.2) is 15.0 Å². The average molecular weight is 769 g/mol. The van der Waals surface area contributed by atoms with E-state index < -0.39 is 0 Å². The number of rotatable bonds is 6. The molecule has 0 atom stereocenters. The molecule has 0 aliphatic heterocycles. The fourth-order valence-corrected chi connectivity index (χ4v) is 8.39. The Bertz CT molecular complexity index is 3610. The molecule has 3 aromatic heterocycles. The molecular weight excluding hydrogens is 737 g/mol. The van der Waals surface area contributed by atoms with Gasteiger partial charge in [0.05, 0.1) is 5.69 Å². The fourth-order valence-electron chi connectivity index (χ4n) is 8.39. The Morgan fingerprint density at radius 2 is 0.950 bits per heavy atom. The minimum Gasteiger partial charge on any atom is -0.456 e. The van der Waals surface area contributed by atoms with Crippen molar-refractivity contribution in [1.29, 1.82) is 0 Å². The van der Waals surface area contributed by atoms with Crippen molar-refractivity contribution in [2.75, 3.05) is 0 Å². The number of hydrogen-bond acceptors (Lipinski definition) is 6. The van der Waals surface area contributed by atoms with Gasteiger partial charge in [0.1, 0.15) is 22.2 Å². The molecule has 3 heterocycles. The first kappa shape index (κ1) is 33.8. The molecule has 60 heavy (non-hydrogen) atoms. The predicted octanol–water partition coefficient (Wildman–Crippen LogP) is 13.1. The molecule has 7 nitrogen and oxygen atoms in total. The number of aromatic nitrogens is 6. The monoisotopic (exact) mass is 768 g/mol. The molecule has 0 aliphatic carbocycles. The van der Waals surface area contributed by atoms with Crippen molar-refractivity contribution in [3.63, 3.8) is 0 Å². The number of benzene rings is 9. The van der Waals surface area contributed by atoms with Crippen molar-refractivity contribution < 1.29 is 4.42 Å². The Morgan fingerprint density at radius 3 is 1.75 bits per heavy atom. The van der Waals surface area contributed by atoms with Gasteiger partial charge in [-0.15, -0.1) is 10.2 Å². The summed E-state index contributed by atoms with van der Waals surface area (Å²) in [6, 6.07) is 66.6. The van der Waals surface area contributed by atoms with Gasteiger partial charge in [0.15, 0.2) is 17.5 Å². The maximum absolute atomic E-state index is 6.30. The highest BCUT2D eigenvalue weighted by molar-refractivity contribution is 6.19. The Labute approximate surface area is 343 Å². The maximum Gasteiger partial charge on any atom is 0.164 e. The van der Waals surface area contributed by atoms with Crippen LogP contribution in [0.5, 0.6) is 0 Å². The summed E-state index contributed by atoms with van der Waals surface area (Å²) in [4.78, 5) is 17.3. The van der Waals surface area contributed by atoms with Crippen LogP contribution in [0.1, 0.15) is 0 Å². The van der Waals surface area contributed by atoms with Crippen molar-refractivity contribution in [3.8, 4) is 62.1 Å². The number of furan rings is 1. The zero-order chi connectivity index (χ0) is 39.6. The minimum atomic E-state index is 0.576. The molecule has 0 spiro atoms. The molecule has 7 heteroatoms. The summed E-state index contributed by atoms with van der Waals surface area (Å²) in [6.07, 6.45) is 0. The molecule has 0 fully saturated rings. The van der Waals surface area contributed by atoms with Crippen LogP contribution in [0.3, 0.4) is 0 Å². The third-order valence-electron chi connectivity index (χ3n) is 11.3.